The van der Waals surface area contributed by atoms with Gasteiger partial charge in [0.1, 0.15) is 11.5 Å². The Bertz CT molecular complexity index is 931. The van der Waals surface area contributed by atoms with Crippen molar-refractivity contribution in [2.45, 2.75) is 6.92 Å². The first-order valence-electron chi connectivity index (χ1n) is 7.62. The van der Waals surface area contributed by atoms with Crippen molar-refractivity contribution in [2.24, 2.45) is 7.05 Å². The first-order valence-corrected chi connectivity index (χ1v) is 7.62. The Labute approximate surface area is 144 Å². The van der Waals surface area contributed by atoms with Crippen LogP contribution in [0.3, 0.4) is 0 Å². The number of aromatic nitrogens is 2. The molecule has 0 aliphatic carbocycles. The van der Waals surface area contributed by atoms with Gasteiger partial charge in [-0.15, -0.1) is 0 Å². The number of carbonyl (C=O) groups excluding carboxylic acids is 1. The van der Waals surface area contributed by atoms with Crippen molar-refractivity contribution < 1.29 is 9.72 Å². The lowest BCUT2D eigenvalue weighted by atomic mass is 10.0. The van der Waals surface area contributed by atoms with Gasteiger partial charge in [-0.05, 0) is 17.7 Å². The largest absolute Gasteiger partial charge is 0.311 e. The van der Waals surface area contributed by atoms with Crippen LogP contribution in [-0.2, 0) is 11.8 Å². The van der Waals surface area contributed by atoms with E-state index in [4.69, 9.17) is 0 Å². The van der Waals surface area contributed by atoms with Gasteiger partial charge in [0.15, 0.2) is 0 Å². The molecule has 7 heteroatoms. The highest BCUT2D eigenvalue weighted by Gasteiger charge is 2.20. The second-order valence-electron chi connectivity index (χ2n) is 5.55. The van der Waals surface area contributed by atoms with Crippen molar-refractivity contribution in [2.75, 3.05) is 5.32 Å². The molecule has 0 radical (unpaired) electrons. The molecule has 1 aromatic heterocycles. The van der Waals surface area contributed by atoms with Crippen molar-refractivity contribution in [3.63, 3.8) is 0 Å². The van der Waals surface area contributed by atoms with Crippen LogP contribution in [0.25, 0.3) is 22.4 Å². The first-order chi connectivity index (χ1) is 12.0. The molecule has 25 heavy (non-hydrogen) atoms. The van der Waals surface area contributed by atoms with Gasteiger partial charge >= 0.3 is 0 Å². The molecule has 0 fully saturated rings. The number of carbonyl (C=O) groups is 1. The molecule has 2 aromatic carbocycles. The van der Waals surface area contributed by atoms with E-state index in [1.165, 1.54) is 19.1 Å². The van der Waals surface area contributed by atoms with E-state index in [1.54, 1.807) is 23.9 Å². The van der Waals surface area contributed by atoms with E-state index in [2.05, 4.69) is 10.4 Å². The molecule has 1 N–H and O–H groups in total. The topological polar surface area (TPSA) is 90.1 Å². The molecule has 0 aliphatic rings. The summed E-state index contributed by atoms with van der Waals surface area (Å²) in [6.45, 7) is 1.43. The summed E-state index contributed by atoms with van der Waals surface area (Å²) in [5.41, 5.74) is 3.05. The molecule has 7 nitrogen and oxygen atoms in total. The van der Waals surface area contributed by atoms with Crippen LogP contribution in [0.2, 0.25) is 0 Å². The Kier molecular flexibility index (Phi) is 4.30. The van der Waals surface area contributed by atoms with Crippen LogP contribution < -0.4 is 5.32 Å². The van der Waals surface area contributed by atoms with Gasteiger partial charge < -0.3 is 5.32 Å². The number of rotatable bonds is 4. The Morgan fingerprint density at radius 2 is 1.72 bits per heavy atom. The third-order valence-corrected chi connectivity index (χ3v) is 3.76. The molecule has 3 aromatic rings. The van der Waals surface area contributed by atoms with Crippen molar-refractivity contribution >= 4 is 17.4 Å². The third-order valence-electron chi connectivity index (χ3n) is 3.76. The van der Waals surface area contributed by atoms with Crippen LogP contribution >= 0.6 is 0 Å². The number of hydrogen-bond donors (Lipinski definition) is 1. The minimum absolute atomic E-state index is 0.00924. The van der Waals surface area contributed by atoms with Crippen molar-refractivity contribution in [1.29, 1.82) is 0 Å². The maximum Gasteiger partial charge on any atom is 0.269 e. The fourth-order valence-electron chi connectivity index (χ4n) is 2.66. The highest BCUT2D eigenvalue weighted by atomic mass is 16.6. The molecule has 0 unspecified atom stereocenters. The molecule has 126 valence electrons. The lowest BCUT2D eigenvalue weighted by molar-refractivity contribution is -0.384. The summed E-state index contributed by atoms with van der Waals surface area (Å²) in [6, 6.07) is 15.8. The number of nitro benzene ring substituents is 1. The zero-order valence-corrected chi connectivity index (χ0v) is 13.8. The normalized spacial score (nSPS) is 10.5. The lowest BCUT2D eigenvalue weighted by Gasteiger charge is -2.08. The van der Waals surface area contributed by atoms with Gasteiger partial charge in [-0.25, -0.2) is 0 Å². The van der Waals surface area contributed by atoms with Crippen molar-refractivity contribution in [3.8, 4) is 22.4 Å². The van der Waals surface area contributed by atoms with Gasteiger partial charge in [-0.1, -0.05) is 30.3 Å². The maximum absolute atomic E-state index is 11.6. The summed E-state index contributed by atoms with van der Waals surface area (Å²) in [5, 5.41) is 18.2. The number of benzene rings is 2. The summed E-state index contributed by atoms with van der Waals surface area (Å²) in [7, 11) is 1.74. The maximum atomic E-state index is 11.6. The second kappa shape index (κ2) is 6.56. The molecule has 0 saturated heterocycles. The monoisotopic (exact) mass is 336 g/mol. The predicted octanol–water partition coefficient (Wildman–Crippen LogP) is 3.62. The molecular formula is C18H16N4O3. The van der Waals surface area contributed by atoms with Gasteiger partial charge in [0, 0.05) is 31.7 Å². The Morgan fingerprint density at radius 3 is 2.28 bits per heavy atom. The number of anilines is 1. The highest BCUT2D eigenvalue weighted by molar-refractivity contribution is 5.97. The minimum Gasteiger partial charge on any atom is -0.311 e. The van der Waals surface area contributed by atoms with Crippen molar-refractivity contribution in [1.82, 2.24) is 9.78 Å². The SMILES string of the molecule is CC(=O)Nc1c(-c2ccc([N+](=O)[O-])cc2)c(-c2ccccc2)nn1C. The number of nitrogens with one attached hydrogen (secondary N) is 1. The summed E-state index contributed by atoms with van der Waals surface area (Å²) >= 11 is 0. The Balaban J connectivity index is 2.21. The van der Waals surface area contributed by atoms with Crippen LogP contribution in [0.5, 0.6) is 0 Å². The number of nitrogens with zero attached hydrogens (tertiary/aromatic N) is 3. The van der Waals surface area contributed by atoms with E-state index in [0.717, 1.165) is 16.7 Å². The number of nitro groups is 1. The van der Waals surface area contributed by atoms with Crippen LogP contribution in [0.1, 0.15) is 6.92 Å². The van der Waals surface area contributed by atoms with Crippen LogP contribution in [-0.4, -0.2) is 20.6 Å². The zero-order valence-electron chi connectivity index (χ0n) is 13.8. The third kappa shape index (κ3) is 3.25. The van der Waals surface area contributed by atoms with E-state index in [9.17, 15) is 14.9 Å². The van der Waals surface area contributed by atoms with E-state index < -0.39 is 4.92 Å². The van der Waals surface area contributed by atoms with E-state index in [1.807, 2.05) is 30.3 Å². The highest BCUT2D eigenvalue weighted by Crippen LogP contribution is 2.37. The van der Waals surface area contributed by atoms with E-state index in [-0.39, 0.29) is 11.6 Å². The number of hydrogen-bond acceptors (Lipinski definition) is 4. The molecule has 0 atom stereocenters. The van der Waals surface area contributed by atoms with Gasteiger partial charge in [0.2, 0.25) is 5.91 Å². The summed E-state index contributed by atoms with van der Waals surface area (Å²) in [5.74, 6) is 0.325. The molecule has 0 spiro atoms. The van der Waals surface area contributed by atoms with Crippen LogP contribution in [0, 0.1) is 10.1 Å². The summed E-state index contributed by atoms with van der Waals surface area (Å²) < 4.78 is 1.60. The molecule has 0 saturated carbocycles. The fraction of sp³-hybridized carbons (Fsp3) is 0.111. The fourth-order valence-corrected chi connectivity index (χ4v) is 2.66. The van der Waals surface area contributed by atoms with Gasteiger partial charge in [-0.2, -0.15) is 5.10 Å². The quantitative estimate of drug-likeness (QED) is 0.582. The molecule has 0 aliphatic heterocycles. The smallest absolute Gasteiger partial charge is 0.269 e. The molecule has 0 bridgehead atoms. The zero-order chi connectivity index (χ0) is 18.0. The average Bonchev–Trinajstić information content (AvgIpc) is 2.92. The molecule has 1 amide bonds. The number of non-ortho nitro benzene ring substituents is 1. The Morgan fingerprint density at radius 1 is 1.08 bits per heavy atom. The number of amides is 1. The van der Waals surface area contributed by atoms with E-state index in [0.29, 0.717) is 11.5 Å². The van der Waals surface area contributed by atoms with Gasteiger partial charge in [-0.3, -0.25) is 19.6 Å². The standard InChI is InChI=1S/C18H16N4O3/c1-12(23)19-18-16(13-8-10-15(11-9-13)22(24)25)17(20-21(18)2)14-6-4-3-5-7-14/h3-11H,1-2H3,(H,19,23). The number of aryl methyl sites for hydroxylation is 1. The predicted molar refractivity (Wildman–Crippen MR) is 95.0 cm³/mol. The second-order valence-corrected chi connectivity index (χ2v) is 5.55. The molecule has 3 rings (SSSR count). The molecular weight excluding hydrogens is 320 g/mol. The summed E-state index contributed by atoms with van der Waals surface area (Å²) in [6.07, 6.45) is 0. The van der Waals surface area contributed by atoms with Crippen molar-refractivity contribution in [3.05, 3.63) is 64.7 Å². The van der Waals surface area contributed by atoms with Crippen LogP contribution in [0.4, 0.5) is 11.5 Å². The van der Waals surface area contributed by atoms with Gasteiger partial charge in [0.25, 0.3) is 5.69 Å². The van der Waals surface area contributed by atoms with Gasteiger partial charge in [0.05, 0.1) is 10.5 Å². The Hall–Kier alpha value is -3.48. The first kappa shape index (κ1) is 16.4. The lowest BCUT2D eigenvalue weighted by Crippen LogP contribution is -2.10. The van der Waals surface area contributed by atoms with Crippen LogP contribution in [0.15, 0.2) is 54.6 Å². The molecule has 1 heterocycles. The van der Waals surface area contributed by atoms with E-state index >= 15 is 0 Å². The minimum atomic E-state index is -0.445. The average molecular weight is 336 g/mol. The summed E-state index contributed by atoms with van der Waals surface area (Å²) in [4.78, 5) is 22.0.